The van der Waals surface area contributed by atoms with Crippen LogP contribution >= 0.6 is 0 Å². The molecule has 0 atom stereocenters. The van der Waals surface area contributed by atoms with Crippen molar-refractivity contribution in [2.24, 2.45) is 5.16 Å². The number of quaternary nitrogens is 1. The van der Waals surface area contributed by atoms with Crippen LogP contribution in [-0.4, -0.2) is 43.1 Å². The molecule has 0 heterocycles. The second kappa shape index (κ2) is 4.94. The highest BCUT2D eigenvalue weighted by Gasteiger charge is 2.11. The summed E-state index contributed by atoms with van der Waals surface area (Å²) >= 11 is 0. The van der Waals surface area contributed by atoms with Crippen LogP contribution in [0.4, 0.5) is 0 Å². The van der Waals surface area contributed by atoms with E-state index < -0.39 is 0 Å². The van der Waals surface area contributed by atoms with Crippen molar-refractivity contribution in [2.45, 2.75) is 6.42 Å². The Kier molecular flexibility index (Phi) is 3.86. The lowest BCUT2D eigenvalue weighted by atomic mass is 10.1. The van der Waals surface area contributed by atoms with Crippen LogP contribution in [0, 0.1) is 0 Å². The Morgan fingerprint density at radius 2 is 1.80 bits per heavy atom. The Morgan fingerprint density at radius 3 is 2.27 bits per heavy atom. The molecule has 1 aromatic carbocycles. The van der Waals surface area contributed by atoms with E-state index in [9.17, 15) is 0 Å². The van der Waals surface area contributed by atoms with Crippen LogP contribution in [-0.2, 0) is 0 Å². The van der Waals surface area contributed by atoms with Crippen LogP contribution < -0.4 is 0 Å². The van der Waals surface area contributed by atoms with Crippen LogP contribution in [0.25, 0.3) is 0 Å². The molecule has 0 unspecified atom stereocenters. The molecule has 0 radical (unpaired) electrons. The highest BCUT2D eigenvalue weighted by atomic mass is 16.4. The van der Waals surface area contributed by atoms with Gasteiger partial charge in [-0.3, -0.25) is 0 Å². The van der Waals surface area contributed by atoms with Crippen LogP contribution in [0.2, 0.25) is 0 Å². The van der Waals surface area contributed by atoms with Gasteiger partial charge in [-0.25, -0.2) is 0 Å². The summed E-state index contributed by atoms with van der Waals surface area (Å²) in [5, 5.41) is 12.3. The fraction of sp³-hybridized carbons (Fsp3) is 0.417. The molecule has 0 fully saturated rings. The van der Waals surface area contributed by atoms with E-state index in [1.165, 1.54) is 0 Å². The van der Waals surface area contributed by atoms with Crippen LogP contribution in [0.5, 0.6) is 0 Å². The first-order chi connectivity index (χ1) is 7.03. The summed E-state index contributed by atoms with van der Waals surface area (Å²) in [6.07, 6.45) is 0.782. The molecule has 3 nitrogen and oxygen atoms in total. The maximum Gasteiger partial charge on any atom is 0.0923 e. The molecule has 0 saturated heterocycles. The molecule has 1 N–H and O–H groups in total. The van der Waals surface area contributed by atoms with Crippen LogP contribution in [0.15, 0.2) is 35.5 Å². The first-order valence-electron chi connectivity index (χ1n) is 5.10. The molecular weight excluding hydrogens is 188 g/mol. The van der Waals surface area contributed by atoms with Crippen molar-refractivity contribution >= 4 is 5.71 Å². The maximum atomic E-state index is 8.96. The average Bonchev–Trinajstić information content (AvgIpc) is 2.19. The summed E-state index contributed by atoms with van der Waals surface area (Å²) < 4.78 is 0.867. The van der Waals surface area contributed by atoms with E-state index in [0.29, 0.717) is 0 Å². The van der Waals surface area contributed by atoms with Gasteiger partial charge in [0.25, 0.3) is 0 Å². The Labute approximate surface area is 91.2 Å². The zero-order valence-electron chi connectivity index (χ0n) is 9.64. The molecule has 1 rings (SSSR count). The van der Waals surface area contributed by atoms with Gasteiger partial charge in [-0.05, 0) is 5.56 Å². The predicted molar refractivity (Wildman–Crippen MR) is 62.3 cm³/mol. The van der Waals surface area contributed by atoms with Crippen molar-refractivity contribution < 1.29 is 9.69 Å². The molecule has 3 heteroatoms. The average molecular weight is 207 g/mol. The summed E-state index contributed by atoms with van der Waals surface area (Å²) in [6.45, 7) is 0.953. The normalized spacial score (nSPS) is 12.9. The molecule has 15 heavy (non-hydrogen) atoms. The van der Waals surface area contributed by atoms with Gasteiger partial charge in [0.05, 0.1) is 33.4 Å². The maximum absolute atomic E-state index is 8.96. The highest BCUT2D eigenvalue weighted by molar-refractivity contribution is 6.00. The molecule has 0 aliphatic rings. The van der Waals surface area contributed by atoms with Crippen molar-refractivity contribution in [3.05, 3.63) is 35.9 Å². The van der Waals surface area contributed by atoms with Crippen LogP contribution in [0.3, 0.4) is 0 Å². The van der Waals surface area contributed by atoms with Crippen molar-refractivity contribution in [3.8, 4) is 0 Å². The zero-order valence-corrected chi connectivity index (χ0v) is 9.64. The lowest BCUT2D eigenvalue weighted by molar-refractivity contribution is -0.869. The first kappa shape index (κ1) is 11.7. The second-order valence-electron chi connectivity index (χ2n) is 4.68. The molecule has 0 spiro atoms. The zero-order chi connectivity index (χ0) is 11.3. The van der Waals surface area contributed by atoms with Gasteiger partial charge in [0.1, 0.15) is 0 Å². The van der Waals surface area contributed by atoms with Gasteiger partial charge in [0.2, 0.25) is 0 Å². The second-order valence-corrected chi connectivity index (χ2v) is 4.68. The SMILES string of the molecule is C[N+](C)(C)CC/C(=N/O)c1ccccc1. The van der Waals surface area contributed by atoms with Crippen molar-refractivity contribution in [2.75, 3.05) is 27.7 Å². The van der Waals surface area contributed by atoms with E-state index in [-0.39, 0.29) is 0 Å². The van der Waals surface area contributed by atoms with Gasteiger partial charge in [-0.2, -0.15) is 0 Å². The summed E-state index contributed by atoms with van der Waals surface area (Å²) in [5.41, 5.74) is 1.75. The molecule has 0 saturated carbocycles. The van der Waals surface area contributed by atoms with Crippen LogP contribution in [0.1, 0.15) is 12.0 Å². The molecule has 0 aliphatic carbocycles. The molecule has 0 aromatic heterocycles. The Bertz CT molecular complexity index is 325. The van der Waals surface area contributed by atoms with E-state index in [4.69, 9.17) is 5.21 Å². The van der Waals surface area contributed by atoms with E-state index in [1.54, 1.807) is 0 Å². The summed E-state index contributed by atoms with van der Waals surface area (Å²) in [7, 11) is 6.37. The van der Waals surface area contributed by atoms with Gasteiger partial charge in [0, 0.05) is 6.42 Å². The number of hydrogen-bond acceptors (Lipinski definition) is 2. The minimum absolute atomic E-state index is 0.753. The molecule has 0 aliphatic heterocycles. The molecule has 1 aromatic rings. The van der Waals surface area contributed by atoms with Crippen molar-refractivity contribution in [3.63, 3.8) is 0 Å². The van der Waals surface area contributed by atoms with Gasteiger partial charge < -0.3 is 9.69 Å². The topological polar surface area (TPSA) is 32.6 Å². The summed E-state index contributed by atoms with van der Waals surface area (Å²) in [5.74, 6) is 0. The number of rotatable bonds is 4. The number of hydrogen-bond donors (Lipinski definition) is 1. The third kappa shape index (κ3) is 4.13. The molecular formula is C12H19N2O+. The quantitative estimate of drug-likeness (QED) is 0.348. The van der Waals surface area contributed by atoms with Gasteiger partial charge in [0.15, 0.2) is 0 Å². The van der Waals surface area contributed by atoms with Crippen molar-refractivity contribution in [1.82, 2.24) is 0 Å². The smallest absolute Gasteiger partial charge is 0.0923 e. The number of benzene rings is 1. The molecule has 0 amide bonds. The largest absolute Gasteiger partial charge is 0.411 e. The Hall–Kier alpha value is -1.35. The molecule has 82 valence electrons. The highest BCUT2D eigenvalue weighted by Crippen LogP contribution is 2.06. The van der Waals surface area contributed by atoms with E-state index in [1.807, 2.05) is 30.3 Å². The van der Waals surface area contributed by atoms with Gasteiger partial charge in [-0.15, -0.1) is 0 Å². The molecule has 0 bridgehead atoms. The monoisotopic (exact) mass is 207 g/mol. The first-order valence-corrected chi connectivity index (χ1v) is 5.10. The summed E-state index contributed by atoms with van der Waals surface area (Å²) in [6, 6.07) is 9.78. The lowest BCUT2D eigenvalue weighted by Crippen LogP contribution is -2.36. The third-order valence-corrected chi connectivity index (χ3v) is 2.25. The van der Waals surface area contributed by atoms with E-state index in [0.717, 1.165) is 28.7 Å². The predicted octanol–water partition coefficient (Wildman–Crippen LogP) is 1.96. The Balaban J connectivity index is 2.67. The standard InChI is InChI=1S/C12H18N2O/c1-14(2,3)10-9-12(13-15)11-7-5-4-6-8-11/h4-8H,9-10H2,1-3H3/p+1/b13-12-. The van der Waals surface area contributed by atoms with E-state index in [2.05, 4.69) is 26.3 Å². The van der Waals surface area contributed by atoms with E-state index >= 15 is 0 Å². The minimum Gasteiger partial charge on any atom is -0.411 e. The Morgan fingerprint density at radius 1 is 1.20 bits per heavy atom. The number of nitrogens with zero attached hydrogens (tertiary/aromatic N) is 2. The third-order valence-electron chi connectivity index (χ3n) is 2.25. The fourth-order valence-corrected chi connectivity index (χ4v) is 1.32. The minimum atomic E-state index is 0.753. The van der Waals surface area contributed by atoms with Gasteiger partial charge >= 0.3 is 0 Å². The fourth-order valence-electron chi connectivity index (χ4n) is 1.32. The van der Waals surface area contributed by atoms with Crippen molar-refractivity contribution in [1.29, 1.82) is 0 Å². The number of oxime groups is 1. The van der Waals surface area contributed by atoms with Gasteiger partial charge in [-0.1, -0.05) is 35.5 Å². The summed E-state index contributed by atoms with van der Waals surface area (Å²) in [4.78, 5) is 0. The lowest BCUT2D eigenvalue weighted by Gasteiger charge is -2.23.